The standard InChI is InChI=1S/C19H26BrN5O4/c1-24-18(16(20)11-22-24)15-10-13(5-6-17(15)28-9-7-21)23-19(26)29-25-8-3-4-14(25)12-27-2/h5-6,10-11,14H,3-4,7-9,12,21H2,1-2H3,(H,23,26). The minimum Gasteiger partial charge on any atom is -0.492 e. The number of ether oxygens (including phenoxy) is 2. The Morgan fingerprint density at radius 1 is 1.45 bits per heavy atom. The summed E-state index contributed by atoms with van der Waals surface area (Å²) in [6.07, 6.45) is 3.07. The van der Waals surface area contributed by atoms with Gasteiger partial charge in [0.15, 0.2) is 0 Å². The Kier molecular flexibility index (Phi) is 7.48. The lowest BCUT2D eigenvalue weighted by atomic mass is 10.1. The van der Waals surface area contributed by atoms with Gasteiger partial charge < -0.3 is 20.0 Å². The molecule has 1 atom stereocenters. The lowest BCUT2D eigenvalue weighted by molar-refractivity contribution is -0.117. The number of benzene rings is 1. The number of aromatic nitrogens is 2. The van der Waals surface area contributed by atoms with Crippen molar-refractivity contribution in [3.05, 3.63) is 28.9 Å². The van der Waals surface area contributed by atoms with E-state index in [2.05, 4.69) is 26.3 Å². The van der Waals surface area contributed by atoms with Crippen LogP contribution in [0.15, 0.2) is 28.9 Å². The zero-order valence-corrected chi connectivity index (χ0v) is 18.1. The molecule has 1 aliphatic rings. The third kappa shape index (κ3) is 5.27. The molecule has 0 bridgehead atoms. The molecule has 1 fully saturated rings. The number of amides is 1. The number of hydroxylamine groups is 2. The van der Waals surface area contributed by atoms with E-state index in [9.17, 15) is 4.79 Å². The molecule has 0 spiro atoms. The monoisotopic (exact) mass is 467 g/mol. The highest BCUT2D eigenvalue weighted by molar-refractivity contribution is 9.10. The van der Waals surface area contributed by atoms with Crippen molar-refractivity contribution in [2.45, 2.75) is 18.9 Å². The molecular formula is C19H26BrN5O4. The molecular weight excluding hydrogens is 442 g/mol. The van der Waals surface area contributed by atoms with Gasteiger partial charge in [-0.1, -0.05) is 0 Å². The van der Waals surface area contributed by atoms with Crippen LogP contribution in [0.4, 0.5) is 10.5 Å². The number of rotatable bonds is 8. The molecule has 3 N–H and O–H groups in total. The van der Waals surface area contributed by atoms with Gasteiger partial charge in [-0.25, -0.2) is 4.79 Å². The van der Waals surface area contributed by atoms with E-state index in [0.717, 1.165) is 28.6 Å². The van der Waals surface area contributed by atoms with Crippen molar-refractivity contribution in [1.82, 2.24) is 14.8 Å². The minimum absolute atomic E-state index is 0.0822. The predicted octanol–water partition coefficient (Wildman–Crippen LogP) is 2.76. The molecule has 0 aliphatic carbocycles. The van der Waals surface area contributed by atoms with Gasteiger partial charge in [0.1, 0.15) is 12.4 Å². The van der Waals surface area contributed by atoms with Gasteiger partial charge >= 0.3 is 6.09 Å². The van der Waals surface area contributed by atoms with E-state index in [1.54, 1.807) is 35.2 Å². The minimum atomic E-state index is -0.543. The predicted molar refractivity (Wildman–Crippen MR) is 113 cm³/mol. The first-order chi connectivity index (χ1) is 14.0. The van der Waals surface area contributed by atoms with Crippen molar-refractivity contribution in [1.29, 1.82) is 0 Å². The summed E-state index contributed by atoms with van der Waals surface area (Å²) in [7, 11) is 3.48. The highest BCUT2D eigenvalue weighted by Gasteiger charge is 2.28. The van der Waals surface area contributed by atoms with Gasteiger partial charge in [0.2, 0.25) is 0 Å². The van der Waals surface area contributed by atoms with E-state index in [1.165, 1.54) is 0 Å². The topological polar surface area (TPSA) is 104 Å². The van der Waals surface area contributed by atoms with Crippen LogP contribution in [-0.4, -0.2) is 60.4 Å². The van der Waals surface area contributed by atoms with Gasteiger partial charge in [-0.3, -0.25) is 10.00 Å². The Labute approximate surface area is 178 Å². The van der Waals surface area contributed by atoms with Crippen molar-refractivity contribution in [2.24, 2.45) is 12.8 Å². The highest BCUT2D eigenvalue weighted by atomic mass is 79.9. The van der Waals surface area contributed by atoms with E-state index < -0.39 is 6.09 Å². The average molecular weight is 468 g/mol. The number of nitrogens with zero attached hydrogens (tertiary/aromatic N) is 3. The van der Waals surface area contributed by atoms with Crippen LogP contribution in [0.3, 0.4) is 0 Å². The number of hydrogen-bond donors (Lipinski definition) is 2. The fraction of sp³-hybridized carbons (Fsp3) is 0.474. The molecule has 29 heavy (non-hydrogen) atoms. The van der Waals surface area contributed by atoms with Crippen LogP contribution in [0, 0.1) is 0 Å². The van der Waals surface area contributed by atoms with Gasteiger partial charge in [0.05, 0.1) is 29.0 Å². The lowest BCUT2D eigenvalue weighted by Crippen LogP contribution is -2.36. The SMILES string of the molecule is COCC1CCCN1OC(=O)Nc1ccc(OCCN)c(-c2c(Br)cnn2C)c1. The number of nitrogens with one attached hydrogen (secondary N) is 1. The molecule has 9 nitrogen and oxygen atoms in total. The maximum atomic E-state index is 12.4. The summed E-state index contributed by atoms with van der Waals surface area (Å²) in [6.45, 7) is 2.00. The van der Waals surface area contributed by atoms with Crippen LogP contribution < -0.4 is 15.8 Å². The summed E-state index contributed by atoms with van der Waals surface area (Å²) in [6, 6.07) is 5.46. The maximum Gasteiger partial charge on any atom is 0.430 e. The van der Waals surface area contributed by atoms with Crippen molar-refractivity contribution >= 4 is 27.7 Å². The zero-order valence-electron chi connectivity index (χ0n) is 16.6. The Bertz CT molecular complexity index is 825. The lowest BCUT2D eigenvalue weighted by Gasteiger charge is -2.22. The first-order valence-corrected chi connectivity index (χ1v) is 10.2. The molecule has 1 saturated heterocycles. The number of nitrogens with two attached hydrogens (primary N) is 1. The summed E-state index contributed by atoms with van der Waals surface area (Å²) >= 11 is 3.52. The number of carbonyl (C=O) groups is 1. The molecule has 1 aromatic carbocycles. The Morgan fingerprint density at radius 3 is 2.97 bits per heavy atom. The smallest absolute Gasteiger partial charge is 0.430 e. The second kappa shape index (κ2) is 10.1. The van der Waals surface area contributed by atoms with E-state index in [-0.39, 0.29) is 6.04 Å². The molecule has 0 saturated carbocycles. The van der Waals surface area contributed by atoms with E-state index in [4.69, 9.17) is 20.0 Å². The van der Waals surface area contributed by atoms with Crippen LogP contribution in [0.25, 0.3) is 11.3 Å². The molecule has 2 aromatic rings. The fourth-order valence-corrected chi connectivity index (χ4v) is 3.90. The Balaban J connectivity index is 1.77. The number of methoxy groups -OCH3 is 1. The van der Waals surface area contributed by atoms with Gasteiger partial charge in [0.25, 0.3) is 0 Å². The third-order valence-electron chi connectivity index (χ3n) is 4.63. The summed E-state index contributed by atoms with van der Waals surface area (Å²) < 4.78 is 13.5. The van der Waals surface area contributed by atoms with Crippen LogP contribution in [-0.2, 0) is 16.6 Å². The average Bonchev–Trinajstić information content (AvgIpc) is 3.26. The van der Waals surface area contributed by atoms with E-state index in [1.807, 2.05) is 13.1 Å². The quantitative estimate of drug-likeness (QED) is 0.614. The van der Waals surface area contributed by atoms with Crippen molar-refractivity contribution in [2.75, 3.05) is 38.7 Å². The van der Waals surface area contributed by atoms with Gasteiger partial charge in [-0.05, 0) is 47.0 Å². The highest BCUT2D eigenvalue weighted by Crippen LogP contribution is 2.36. The Hall–Kier alpha value is -2.14. The second-order valence-corrected chi connectivity index (χ2v) is 7.56. The van der Waals surface area contributed by atoms with E-state index >= 15 is 0 Å². The van der Waals surface area contributed by atoms with Crippen molar-refractivity contribution in [3.63, 3.8) is 0 Å². The number of aryl methyl sites for hydroxylation is 1. The second-order valence-electron chi connectivity index (χ2n) is 6.71. The molecule has 1 amide bonds. The number of hydrogen-bond acceptors (Lipinski definition) is 7. The number of anilines is 1. The van der Waals surface area contributed by atoms with Crippen LogP contribution in [0.5, 0.6) is 5.75 Å². The molecule has 1 aromatic heterocycles. The largest absolute Gasteiger partial charge is 0.492 e. The van der Waals surface area contributed by atoms with Gasteiger partial charge in [-0.15, -0.1) is 5.06 Å². The molecule has 0 radical (unpaired) electrons. The first kappa shape index (κ1) is 21.6. The molecule has 1 unspecified atom stereocenters. The molecule has 2 heterocycles. The number of carbonyl (C=O) groups excluding carboxylic acids is 1. The molecule has 1 aliphatic heterocycles. The van der Waals surface area contributed by atoms with Crippen LogP contribution in [0.1, 0.15) is 12.8 Å². The van der Waals surface area contributed by atoms with Crippen LogP contribution >= 0.6 is 15.9 Å². The maximum absolute atomic E-state index is 12.4. The normalized spacial score (nSPS) is 16.8. The van der Waals surface area contributed by atoms with Crippen molar-refractivity contribution < 1.29 is 19.1 Å². The van der Waals surface area contributed by atoms with Crippen molar-refractivity contribution in [3.8, 4) is 17.0 Å². The van der Waals surface area contributed by atoms with Crippen LogP contribution in [0.2, 0.25) is 0 Å². The summed E-state index contributed by atoms with van der Waals surface area (Å²) in [4.78, 5) is 17.9. The van der Waals surface area contributed by atoms with Gasteiger partial charge in [-0.2, -0.15) is 5.10 Å². The molecule has 3 rings (SSSR count). The molecule has 10 heteroatoms. The summed E-state index contributed by atoms with van der Waals surface area (Å²) in [5.41, 5.74) is 7.76. The summed E-state index contributed by atoms with van der Waals surface area (Å²) in [5, 5.41) is 8.72. The Morgan fingerprint density at radius 2 is 2.28 bits per heavy atom. The van der Waals surface area contributed by atoms with E-state index in [0.29, 0.717) is 37.7 Å². The third-order valence-corrected chi connectivity index (χ3v) is 5.21. The van der Waals surface area contributed by atoms with Gasteiger partial charge in [0, 0.05) is 38.5 Å². The first-order valence-electron chi connectivity index (χ1n) is 9.42. The zero-order chi connectivity index (χ0) is 20.8. The summed E-state index contributed by atoms with van der Waals surface area (Å²) in [5.74, 6) is 0.651. The number of halogens is 1. The fourth-order valence-electron chi connectivity index (χ4n) is 3.34. The molecule has 158 valence electrons.